The number of phenolic OH excluding ortho intramolecular Hbond substituents is 1. The molecule has 36 heavy (non-hydrogen) atoms. The zero-order valence-corrected chi connectivity index (χ0v) is 21.1. The monoisotopic (exact) mass is 518 g/mol. The van der Waals surface area contributed by atoms with Crippen molar-refractivity contribution in [2.75, 3.05) is 44.8 Å². The smallest absolute Gasteiger partial charge is 0.310 e. The number of pyridine rings is 1. The first-order valence-corrected chi connectivity index (χ1v) is 12.2. The highest BCUT2D eigenvalue weighted by Gasteiger charge is 2.47. The molecule has 5 rings (SSSR count). The van der Waals surface area contributed by atoms with E-state index >= 15 is 0 Å². The number of carbonyl (C=O) groups excluding carboxylic acids is 2. The van der Waals surface area contributed by atoms with E-state index in [-0.39, 0.29) is 70.2 Å². The molecule has 1 aromatic carbocycles. The molecule has 1 aromatic heterocycles. The number of amides is 1. The summed E-state index contributed by atoms with van der Waals surface area (Å²) >= 11 is 6.75. The van der Waals surface area contributed by atoms with Crippen LogP contribution >= 0.6 is 11.6 Å². The van der Waals surface area contributed by atoms with E-state index in [1.54, 1.807) is 4.90 Å². The summed E-state index contributed by atoms with van der Waals surface area (Å²) in [6.07, 6.45) is 0.463. The Hall–Kier alpha value is -3.11. The molecule has 0 bridgehead atoms. The molecule has 2 aromatic rings. The number of piperazine rings is 1. The minimum Gasteiger partial charge on any atom is -0.507 e. The van der Waals surface area contributed by atoms with Crippen LogP contribution in [0.4, 0.5) is 10.2 Å². The Morgan fingerprint density at radius 1 is 1.36 bits per heavy atom. The van der Waals surface area contributed by atoms with E-state index in [2.05, 4.69) is 5.32 Å². The average molecular weight is 519 g/mol. The normalized spacial score (nSPS) is 23.0. The molecule has 3 aliphatic rings. The summed E-state index contributed by atoms with van der Waals surface area (Å²) in [7, 11) is 1.34. The van der Waals surface area contributed by atoms with Crippen LogP contribution in [0.1, 0.15) is 30.6 Å². The van der Waals surface area contributed by atoms with Gasteiger partial charge in [0.05, 0.1) is 24.6 Å². The largest absolute Gasteiger partial charge is 0.507 e. The Morgan fingerprint density at radius 2 is 2.14 bits per heavy atom. The lowest BCUT2D eigenvalue weighted by molar-refractivity contribution is -0.144. The van der Waals surface area contributed by atoms with E-state index in [9.17, 15) is 19.1 Å². The van der Waals surface area contributed by atoms with E-state index in [0.29, 0.717) is 26.1 Å². The lowest BCUT2D eigenvalue weighted by Gasteiger charge is -2.36. The van der Waals surface area contributed by atoms with Gasteiger partial charge in [0.25, 0.3) is 5.91 Å². The van der Waals surface area contributed by atoms with Crippen molar-refractivity contribution < 1.29 is 28.6 Å². The quantitative estimate of drug-likeness (QED) is 0.598. The third-order valence-electron chi connectivity index (χ3n) is 7.22. The highest BCUT2D eigenvalue weighted by atomic mass is 35.5. The summed E-state index contributed by atoms with van der Waals surface area (Å²) in [5, 5.41) is 13.7. The van der Waals surface area contributed by atoms with Crippen LogP contribution in [0.2, 0.25) is 5.02 Å². The van der Waals surface area contributed by atoms with Crippen LogP contribution in [-0.4, -0.2) is 78.3 Å². The SMILES string of the molecule is COC(=O)C1CN(c2nc(-c3c(O)cccc3F)c(Cl)c3c2C(=O)N2CCNC[C@@H]2CO3)C(C)(C)C1. The number of rotatable bonds is 3. The number of methoxy groups -OCH3 is 1. The molecule has 2 fully saturated rings. The van der Waals surface area contributed by atoms with E-state index in [1.807, 2.05) is 18.7 Å². The molecule has 0 radical (unpaired) electrons. The summed E-state index contributed by atoms with van der Waals surface area (Å²) in [6, 6.07) is 3.69. The fraction of sp³-hybridized carbons (Fsp3) is 0.480. The van der Waals surface area contributed by atoms with E-state index in [0.717, 1.165) is 0 Å². The Labute approximate surface area is 213 Å². The van der Waals surface area contributed by atoms with Gasteiger partial charge in [-0.25, -0.2) is 9.37 Å². The number of ether oxygens (including phenoxy) is 2. The van der Waals surface area contributed by atoms with Crippen molar-refractivity contribution in [3.05, 3.63) is 34.6 Å². The number of hydrogen-bond acceptors (Lipinski definition) is 8. The van der Waals surface area contributed by atoms with Gasteiger partial charge in [-0.1, -0.05) is 17.7 Å². The molecule has 0 saturated carbocycles. The van der Waals surface area contributed by atoms with Gasteiger partial charge in [0.1, 0.15) is 40.3 Å². The molecule has 2 saturated heterocycles. The number of nitrogens with one attached hydrogen (secondary N) is 1. The molecule has 0 aliphatic carbocycles. The molecule has 9 nitrogen and oxygen atoms in total. The number of aromatic nitrogens is 1. The van der Waals surface area contributed by atoms with Crippen molar-refractivity contribution in [3.63, 3.8) is 0 Å². The molecule has 4 heterocycles. The highest BCUT2D eigenvalue weighted by Crippen LogP contribution is 2.48. The molecule has 2 N–H and O–H groups in total. The van der Waals surface area contributed by atoms with Crippen molar-refractivity contribution in [1.29, 1.82) is 0 Å². The summed E-state index contributed by atoms with van der Waals surface area (Å²) < 4.78 is 26.1. The van der Waals surface area contributed by atoms with Crippen LogP contribution in [0.5, 0.6) is 11.5 Å². The number of carbonyl (C=O) groups is 2. The number of esters is 1. The number of benzene rings is 1. The molecule has 3 aliphatic heterocycles. The maximum atomic E-state index is 15.0. The van der Waals surface area contributed by atoms with Crippen molar-refractivity contribution in [2.45, 2.75) is 31.8 Å². The molecular weight excluding hydrogens is 491 g/mol. The van der Waals surface area contributed by atoms with E-state index < -0.39 is 17.3 Å². The van der Waals surface area contributed by atoms with Gasteiger partial charge in [-0.05, 0) is 32.4 Å². The lowest BCUT2D eigenvalue weighted by Crippen LogP contribution is -2.55. The van der Waals surface area contributed by atoms with Gasteiger partial charge in [0.15, 0.2) is 5.75 Å². The van der Waals surface area contributed by atoms with E-state index in [4.69, 9.17) is 26.1 Å². The highest BCUT2D eigenvalue weighted by molar-refractivity contribution is 6.35. The first-order chi connectivity index (χ1) is 17.1. The molecule has 1 amide bonds. The number of nitrogens with zero attached hydrogens (tertiary/aromatic N) is 3. The fourth-order valence-electron chi connectivity index (χ4n) is 5.41. The molecule has 192 valence electrons. The van der Waals surface area contributed by atoms with Crippen LogP contribution in [0.25, 0.3) is 11.3 Å². The second-order valence-electron chi connectivity index (χ2n) is 9.95. The zero-order valence-electron chi connectivity index (χ0n) is 20.3. The Balaban J connectivity index is 1.75. The topological polar surface area (TPSA) is 104 Å². The van der Waals surface area contributed by atoms with Crippen LogP contribution in [-0.2, 0) is 9.53 Å². The number of hydrogen-bond donors (Lipinski definition) is 2. The average Bonchev–Trinajstić information content (AvgIpc) is 3.09. The van der Waals surface area contributed by atoms with Gasteiger partial charge in [0, 0.05) is 31.7 Å². The summed E-state index contributed by atoms with van der Waals surface area (Å²) in [6.45, 7) is 5.97. The maximum Gasteiger partial charge on any atom is 0.310 e. The van der Waals surface area contributed by atoms with Gasteiger partial charge in [-0.15, -0.1) is 0 Å². The van der Waals surface area contributed by atoms with E-state index in [1.165, 1.54) is 25.3 Å². The third-order valence-corrected chi connectivity index (χ3v) is 7.57. The second-order valence-corrected chi connectivity index (χ2v) is 10.3. The van der Waals surface area contributed by atoms with Crippen LogP contribution in [0.15, 0.2) is 18.2 Å². The number of phenols is 1. The minimum absolute atomic E-state index is 0.0378. The molecule has 1 unspecified atom stereocenters. The van der Waals surface area contributed by atoms with Crippen LogP contribution in [0, 0.1) is 11.7 Å². The van der Waals surface area contributed by atoms with Gasteiger partial charge >= 0.3 is 5.97 Å². The van der Waals surface area contributed by atoms with Crippen LogP contribution in [0.3, 0.4) is 0 Å². The van der Waals surface area contributed by atoms with Crippen molar-refractivity contribution in [3.8, 4) is 22.8 Å². The van der Waals surface area contributed by atoms with Crippen LogP contribution < -0.4 is 15.0 Å². The molecule has 11 heteroatoms. The summed E-state index contributed by atoms with van der Waals surface area (Å²) in [5.74, 6) is -1.84. The Bertz CT molecular complexity index is 1220. The maximum absolute atomic E-state index is 15.0. The molecule has 2 atom stereocenters. The summed E-state index contributed by atoms with van der Waals surface area (Å²) in [5.41, 5.74) is -0.656. The number of anilines is 1. The number of fused-ring (bicyclic) bond motifs is 2. The standard InChI is InChI=1S/C25H28ClFN4O5/c1-25(2)9-13(24(34)35-3)11-31(25)22-18-21(36-12-14-10-28-7-8-30(14)23(18)33)19(26)20(29-22)17-15(27)5-4-6-16(17)32/h4-6,13-14,28,32H,7-12H2,1-3H3/t13?,14-/m1/s1. The number of aromatic hydroxyl groups is 1. The molecule has 0 spiro atoms. The first-order valence-electron chi connectivity index (χ1n) is 11.9. The fourth-order valence-corrected chi connectivity index (χ4v) is 5.70. The van der Waals surface area contributed by atoms with Crippen molar-refractivity contribution >= 4 is 29.3 Å². The summed E-state index contributed by atoms with van der Waals surface area (Å²) in [4.78, 5) is 34.7. The molecular formula is C25H28ClFN4O5. The number of halogens is 2. The predicted molar refractivity (Wildman–Crippen MR) is 131 cm³/mol. The predicted octanol–water partition coefficient (Wildman–Crippen LogP) is 2.83. The lowest BCUT2D eigenvalue weighted by atomic mass is 9.96. The van der Waals surface area contributed by atoms with Crippen molar-refractivity contribution in [2.24, 2.45) is 5.92 Å². The Morgan fingerprint density at radius 3 is 2.86 bits per heavy atom. The Kier molecular flexibility index (Phi) is 6.20. The van der Waals surface area contributed by atoms with Gasteiger partial charge in [-0.2, -0.15) is 0 Å². The van der Waals surface area contributed by atoms with Gasteiger partial charge in [-0.3, -0.25) is 9.59 Å². The van der Waals surface area contributed by atoms with Gasteiger partial charge < -0.3 is 29.7 Å². The third kappa shape index (κ3) is 3.92. The zero-order chi connectivity index (χ0) is 25.8. The van der Waals surface area contributed by atoms with Gasteiger partial charge in [0.2, 0.25) is 0 Å². The minimum atomic E-state index is -0.718. The van der Waals surface area contributed by atoms with Crippen molar-refractivity contribution in [1.82, 2.24) is 15.2 Å². The second kappa shape index (κ2) is 9.08. The first kappa shape index (κ1) is 24.6.